The van der Waals surface area contributed by atoms with Crippen molar-refractivity contribution < 1.29 is 18.7 Å². The Morgan fingerprint density at radius 2 is 1.89 bits per heavy atom. The van der Waals surface area contributed by atoms with Crippen molar-refractivity contribution >= 4 is 33.4 Å². The molecule has 1 aromatic heterocycles. The molecular formula is C19H18FN3O3S. The summed E-state index contributed by atoms with van der Waals surface area (Å²) in [4.78, 5) is 28.4. The van der Waals surface area contributed by atoms with Crippen molar-refractivity contribution in [3.63, 3.8) is 0 Å². The Bertz CT molecular complexity index is 910. The number of hydrazine groups is 1. The molecule has 27 heavy (non-hydrogen) atoms. The van der Waals surface area contributed by atoms with Gasteiger partial charge in [0.2, 0.25) is 5.91 Å². The number of hydrogen-bond acceptors (Lipinski definition) is 5. The number of aromatic nitrogens is 1. The summed E-state index contributed by atoms with van der Waals surface area (Å²) in [7, 11) is 0. The molecule has 2 aromatic carbocycles. The van der Waals surface area contributed by atoms with Gasteiger partial charge in [0.1, 0.15) is 11.6 Å². The van der Waals surface area contributed by atoms with Gasteiger partial charge in [0.15, 0.2) is 6.10 Å². The highest BCUT2D eigenvalue weighted by molar-refractivity contribution is 7.18. The van der Waals surface area contributed by atoms with Crippen LogP contribution in [0.3, 0.4) is 0 Å². The van der Waals surface area contributed by atoms with E-state index in [1.165, 1.54) is 31.2 Å². The highest BCUT2D eigenvalue weighted by Crippen LogP contribution is 2.22. The first-order chi connectivity index (χ1) is 13.0. The van der Waals surface area contributed by atoms with E-state index in [-0.39, 0.29) is 18.1 Å². The average Bonchev–Trinajstić information content (AvgIpc) is 3.09. The molecule has 0 bridgehead atoms. The largest absolute Gasteiger partial charge is 0.481 e. The lowest BCUT2D eigenvalue weighted by atomic mass is 10.3. The van der Waals surface area contributed by atoms with Gasteiger partial charge in [-0.3, -0.25) is 20.4 Å². The number of para-hydroxylation sites is 1. The lowest BCUT2D eigenvalue weighted by Crippen LogP contribution is -2.47. The van der Waals surface area contributed by atoms with Gasteiger partial charge in [0, 0.05) is 12.8 Å². The maximum Gasteiger partial charge on any atom is 0.279 e. The first-order valence-corrected chi connectivity index (χ1v) is 9.18. The minimum atomic E-state index is -0.847. The number of carbonyl (C=O) groups excluding carboxylic acids is 2. The zero-order chi connectivity index (χ0) is 19.2. The molecule has 1 heterocycles. The molecule has 0 aliphatic rings. The number of nitrogens with zero attached hydrogens (tertiary/aromatic N) is 1. The summed E-state index contributed by atoms with van der Waals surface area (Å²) in [6.45, 7) is 1.53. The highest BCUT2D eigenvalue weighted by Gasteiger charge is 2.15. The summed E-state index contributed by atoms with van der Waals surface area (Å²) in [5.74, 6) is -0.856. The zero-order valence-electron chi connectivity index (χ0n) is 14.6. The van der Waals surface area contributed by atoms with Crippen molar-refractivity contribution in [2.24, 2.45) is 0 Å². The van der Waals surface area contributed by atoms with Crippen molar-refractivity contribution in [1.29, 1.82) is 0 Å². The topological polar surface area (TPSA) is 80.3 Å². The average molecular weight is 387 g/mol. The van der Waals surface area contributed by atoms with E-state index in [9.17, 15) is 14.0 Å². The molecule has 6 nitrogen and oxygen atoms in total. The van der Waals surface area contributed by atoms with Crippen LogP contribution in [0.1, 0.15) is 18.4 Å². The molecule has 0 aliphatic heterocycles. The Morgan fingerprint density at radius 3 is 2.63 bits per heavy atom. The second-order valence-corrected chi connectivity index (χ2v) is 6.94. The third kappa shape index (κ3) is 5.24. The van der Waals surface area contributed by atoms with E-state index >= 15 is 0 Å². The highest BCUT2D eigenvalue weighted by atomic mass is 32.1. The van der Waals surface area contributed by atoms with Crippen molar-refractivity contribution in [3.05, 3.63) is 59.4 Å². The molecule has 0 unspecified atom stereocenters. The summed E-state index contributed by atoms with van der Waals surface area (Å²) in [5, 5.41) is 0.866. The van der Waals surface area contributed by atoms with Crippen molar-refractivity contribution in [2.75, 3.05) is 0 Å². The Kier molecular flexibility index (Phi) is 5.97. The fourth-order valence-corrected chi connectivity index (χ4v) is 3.28. The van der Waals surface area contributed by atoms with E-state index in [1.54, 1.807) is 11.3 Å². The lowest BCUT2D eigenvalue weighted by molar-refractivity contribution is -0.132. The van der Waals surface area contributed by atoms with Gasteiger partial charge in [-0.25, -0.2) is 9.37 Å². The summed E-state index contributed by atoms with van der Waals surface area (Å²) >= 11 is 1.55. The number of nitrogens with one attached hydrogen (secondary N) is 2. The SMILES string of the molecule is C[C@H](Oc1ccc(F)cc1)C(=O)NNC(=O)CCc1nc2ccccc2s1. The van der Waals surface area contributed by atoms with Crippen molar-refractivity contribution in [2.45, 2.75) is 25.9 Å². The fourth-order valence-electron chi connectivity index (χ4n) is 2.31. The smallest absolute Gasteiger partial charge is 0.279 e. The number of aryl methyl sites for hydroxylation is 1. The third-order valence-electron chi connectivity index (χ3n) is 3.72. The van der Waals surface area contributed by atoms with E-state index in [0.717, 1.165) is 15.2 Å². The van der Waals surface area contributed by atoms with Crippen LogP contribution in [0.25, 0.3) is 10.2 Å². The zero-order valence-corrected chi connectivity index (χ0v) is 15.4. The number of fused-ring (bicyclic) bond motifs is 1. The number of halogens is 1. The molecule has 140 valence electrons. The number of hydrogen-bond donors (Lipinski definition) is 2. The molecule has 0 fully saturated rings. The van der Waals surface area contributed by atoms with Gasteiger partial charge in [-0.05, 0) is 43.3 Å². The maximum atomic E-state index is 12.9. The summed E-state index contributed by atoms with van der Waals surface area (Å²) in [6.07, 6.45) is -0.157. The predicted molar refractivity (Wildman–Crippen MR) is 101 cm³/mol. The van der Waals surface area contributed by atoms with E-state index in [0.29, 0.717) is 12.2 Å². The molecule has 0 radical (unpaired) electrons. The van der Waals surface area contributed by atoms with Crippen LogP contribution in [0.4, 0.5) is 4.39 Å². The standard InChI is InChI=1S/C19H18FN3O3S/c1-12(26-14-8-6-13(20)7-9-14)19(25)23-22-17(24)10-11-18-21-15-4-2-3-5-16(15)27-18/h2-9,12H,10-11H2,1H3,(H,22,24)(H,23,25)/t12-/m0/s1. The molecule has 8 heteroatoms. The third-order valence-corrected chi connectivity index (χ3v) is 4.82. The Hall–Kier alpha value is -3.00. The minimum Gasteiger partial charge on any atom is -0.481 e. The van der Waals surface area contributed by atoms with Crippen molar-refractivity contribution in [1.82, 2.24) is 15.8 Å². The number of thiazole rings is 1. The summed E-state index contributed by atoms with van der Waals surface area (Å²) in [6, 6.07) is 13.1. The number of ether oxygens (including phenoxy) is 1. The molecule has 0 aliphatic carbocycles. The maximum absolute atomic E-state index is 12.9. The van der Waals surface area contributed by atoms with Gasteiger partial charge in [-0.1, -0.05) is 12.1 Å². The summed E-state index contributed by atoms with van der Waals surface area (Å²) < 4.78 is 19.3. The van der Waals surface area contributed by atoms with Gasteiger partial charge in [-0.2, -0.15) is 0 Å². The lowest BCUT2D eigenvalue weighted by Gasteiger charge is -2.15. The van der Waals surface area contributed by atoms with Crippen LogP contribution in [0, 0.1) is 5.82 Å². The molecule has 3 aromatic rings. The minimum absolute atomic E-state index is 0.202. The van der Waals surface area contributed by atoms with Crippen LogP contribution in [-0.2, 0) is 16.0 Å². The summed E-state index contributed by atoms with van der Waals surface area (Å²) in [5.41, 5.74) is 5.60. The number of carbonyl (C=O) groups is 2. The van der Waals surface area contributed by atoms with E-state index < -0.39 is 12.0 Å². The molecule has 0 saturated carbocycles. The molecule has 0 spiro atoms. The first-order valence-electron chi connectivity index (χ1n) is 8.36. The van der Waals surface area contributed by atoms with E-state index in [2.05, 4.69) is 15.8 Å². The second kappa shape index (κ2) is 8.59. The monoisotopic (exact) mass is 387 g/mol. The first kappa shape index (κ1) is 18.8. The number of benzene rings is 2. The quantitative estimate of drug-likeness (QED) is 0.637. The van der Waals surface area contributed by atoms with Gasteiger partial charge in [0.25, 0.3) is 5.91 Å². The van der Waals surface area contributed by atoms with Crippen LogP contribution >= 0.6 is 11.3 Å². The van der Waals surface area contributed by atoms with Gasteiger partial charge in [-0.15, -0.1) is 11.3 Å². The van der Waals surface area contributed by atoms with Crippen LogP contribution < -0.4 is 15.6 Å². The molecule has 1 atom stereocenters. The molecule has 0 saturated heterocycles. The van der Waals surface area contributed by atoms with Crippen LogP contribution in [0.2, 0.25) is 0 Å². The molecule has 3 rings (SSSR count). The Balaban J connectivity index is 1.42. The van der Waals surface area contributed by atoms with Gasteiger partial charge < -0.3 is 4.74 Å². The Labute approximate surface area is 159 Å². The predicted octanol–water partition coefficient (Wildman–Crippen LogP) is 2.98. The normalized spacial score (nSPS) is 11.8. The number of rotatable bonds is 6. The second-order valence-electron chi connectivity index (χ2n) is 5.83. The fraction of sp³-hybridized carbons (Fsp3) is 0.211. The van der Waals surface area contributed by atoms with Gasteiger partial charge >= 0.3 is 0 Å². The van der Waals surface area contributed by atoms with Crippen LogP contribution in [0.5, 0.6) is 5.75 Å². The van der Waals surface area contributed by atoms with Crippen molar-refractivity contribution in [3.8, 4) is 5.75 Å². The molecule has 2 N–H and O–H groups in total. The van der Waals surface area contributed by atoms with Gasteiger partial charge in [0.05, 0.1) is 15.2 Å². The molecular weight excluding hydrogens is 369 g/mol. The van der Waals surface area contributed by atoms with E-state index in [1.807, 2.05) is 24.3 Å². The number of amides is 2. The molecule has 2 amide bonds. The Morgan fingerprint density at radius 1 is 1.15 bits per heavy atom. The van der Waals surface area contributed by atoms with Crippen LogP contribution in [0.15, 0.2) is 48.5 Å². The van der Waals surface area contributed by atoms with E-state index in [4.69, 9.17) is 4.74 Å². The van der Waals surface area contributed by atoms with Crippen LogP contribution in [-0.4, -0.2) is 22.9 Å².